The van der Waals surface area contributed by atoms with Crippen molar-refractivity contribution >= 4 is 29.3 Å². The zero-order valence-electron chi connectivity index (χ0n) is 32.1. The Hall–Kier alpha value is -5.79. The third-order valence-corrected chi connectivity index (χ3v) is 9.88. The summed E-state index contributed by atoms with van der Waals surface area (Å²) in [4.78, 5) is 41.7. The fraction of sp³-hybridized carbons (Fsp3) is 0.357. The molecule has 286 valence electrons. The molecule has 1 N–H and O–H groups in total. The zero-order chi connectivity index (χ0) is 38.1. The first-order chi connectivity index (χ1) is 26.9. The number of fused-ring (bicyclic) bond motifs is 1. The second kappa shape index (κ2) is 17.6. The highest BCUT2D eigenvalue weighted by molar-refractivity contribution is 5.94. The van der Waals surface area contributed by atoms with Gasteiger partial charge in [0.15, 0.2) is 0 Å². The first kappa shape index (κ1) is 37.5. The molecule has 13 nitrogen and oxygen atoms in total. The van der Waals surface area contributed by atoms with E-state index in [0.29, 0.717) is 63.4 Å². The molecular weight excluding hydrogens is 695 g/mol. The number of nitrogens with one attached hydrogen (secondary N) is 1. The molecule has 0 spiro atoms. The number of morpholine rings is 1. The molecule has 3 aromatic carbocycles. The third-order valence-electron chi connectivity index (χ3n) is 9.88. The molecule has 2 aromatic heterocycles. The SMILES string of the molecule is COc1ccc(CN(Cc2ccc(OC)cc2)c2ncc(-c3nc(N4CCOCC4)nc4c3CCN4c3ccc(C(=O)NCCCN(C)C)cc3)cn2)cc1. The second-order valence-electron chi connectivity index (χ2n) is 14.0. The lowest BCUT2D eigenvalue weighted by molar-refractivity contribution is 0.0952. The molecule has 0 bridgehead atoms. The molecule has 13 heteroatoms. The van der Waals surface area contributed by atoms with Crippen molar-refractivity contribution in [2.24, 2.45) is 0 Å². The number of hydrogen-bond donors (Lipinski definition) is 1. The van der Waals surface area contributed by atoms with Gasteiger partial charge in [-0.2, -0.15) is 4.98 Å². The molecular formula is C42H49N9O4. The number of amides is 1. The monoisotopic (exact) mass is 743 g/mol. The van der Waals surface area contributed by atoms with Gasteiger partial charge in [-0.25, -0.2) is 15.0 Å². The lowest BCUT2D eigenvalue weighted by Crippen LogP contribution is -2.37. The van der Waals surface area contributed by atoms with Gasteiger partial charge in [0.2, 0.25) is 11.9 Å². The summed E-state index contributed by atoms with van der Waals surface area (Å²) in [5.41, 5.74) is 6.53. The van der Waals surface area contributed by atoms with E-state index in [1.54, 1.807) is 14.2 Å². The summed E-state index contributed by atoms with van der Waals surface area (Å²) < 4.78 is 16.4. The van der Waals surface area contributed by atoms with Crippen LogP contribution in [-0.4, -0.2) is 105 Å². The van der Waals surface area contributed by atoms with Crippen molar-refractivity contribution in [2.75, 3.05) is 89.0 Å². The number of benzene rings is 3. The fourth-order valence-corrected chi connectivity index (χ4v) is 6.84. The standard InChI is InChI=1S/C42H49N9O4/c1-48(2)20-5-19-43-40(52)32-10-12-34(13-11-32)51-21-18-37-38(46-42(47-39(37)51)49-22-24-55-25-23-49)33-26-44-41(45-27-33)50(28-30-6-14-35(53-3)15-7-30)29-31-8-16-36(54-4)17-9-31/h6-17,26-27H,5,18-25,28-29H2,1-4H3,(H,43,52). The van der Waals surface area contributed by atoms with Gasteiger partial charge < -0.3 is 39.1 Å². The lowest BCUT2D eigenvalue weighted by atomic mass is 10.1. The molecule has 1 saturated heterocycles. The van der Waals surface area contributed by atoms with Crippen LogP contribution in [0.1, 0.15) is 33.5 Å². The Kier molecular flexibility index (Phi) is 12.0. The summed E-state index contributed by atoms with van der Waals surface area (Å²) in [6.07, 6.45) is 5.40. The summed E-state index contributed by atoms with van der Waals surface area (Å²) in [5, 5.41) is 3.03. The lowest BCUT2D eigenvalue weighted by Gasteiger charge is -2.28. The van der Waals surface area contributed by atoms with E-state index in [1.165, 1.54) is 0 Å². The van der Waals surface area contributed by atoms with Crippen molar-refractivity contribution in [3.05, 3.63) is 107 Å². The highest BCUT2D eigenvalue weighted by atomic mass is 16.5. The summed E-state index contributed by atoms with van der Waals surface area (Å²) in [7, 11) is 7.40. The van der Waals surface area contributed by atoms with Gasteiger partial charge in [0.1, 0.15) is 17.3 Å². The normalized spacial score (nSPS) is 13.8. The minimum atomic E-state index is -0.0682. The van der Waals surface area contributed by atoms with Crippen LogP contribution in [0.2, 0.25) is 0 Å². The van der Waals surface area contributed by atoms with E-state index in [0.717, 1.165) is 76.9 Å². The predicted octanol–water partition coefficient (Wildman–Crippen LogP) is 5.37. The van der Waals surface area contributed by atoms with Crippen molar-refractivity contribution in [3.8, 4) is 22.8 Å². The zero-order valence-corrected chi connectivity index (χ0v) is 32.1. The molecule has 0 atom stereocenters. The van der Waals surface area contributed by atoms with Crippen LogP contribution in [0.25, 0.3) is 11.3 Å². The molecule has 2 aliphatic heterocycles. The van der Waals surface area contributed by atoms with Crippen LogP contribution in [-0.2, 0) is 24.2 Å². The van der Waals surface area contributed by atoms with Gasteiger partial charge in [-0.15, -0.1) is 0 Å². The van der Waals surface area contributed by atoms with Gasteiger partial charge >= 0.3 is 0 Å². The van der Waals surface area contributed by atoms with Crippen LogP contribution in [0.4, 0.5) is 23.4 Å². The Morgan fingerprint density at radius 2 is 1.44 bits per heavy atom. The van der Waals surface area contributed by atoms with Crippen LogP contribution < -0.4 is 29.5 Å². The third kappa shape index (κ3) is 9.13. The van der Waals surface area contributed by atoms with Crippen LogP contribution >= 0.6 is 0 Å². The Balaban J connectivity index is 1.17. The first-order valence-corrected chi connectivity index (χ1v) is 18.8. The van der Waals surface area contributed by atoms with Crippen molar-refractivity contribution in [3.63, 3.8) is 0 Å². The number of carbonyl (C=O) groups excluding carboxylic acids is 1. The Bertz CT molecular complexity index is 1970. The van der Waals surface area contributed by atoms with E-state index < -0.39 is 0 Å². The molecule has 0 unspecified atom stereocenters. The van der Waals surface area contributed by atoms with Crippen LogP contribution in [0.5, 0.6) is 11.5 Å². The van der Waals surface area contributed by atoms with Gasteiger partial charge in [-0.1, -0.05) is 24.3 Å². The Labute approximate surface area is 322 Å². The van der Waals surface area contributed by atoms with E-state index in [2.05, 4.69) is 49.2 Å². The molecule has 1 amide bonds. The minimum absolute atomic E-state index is 0.0682. The summed E-state index contributed by atoms with van der Waals surface area (Å²) in [6.45, 7) is 6.15. The summed E-state index contributed by atoms with van der Waals surface area (Å²) >= 11 is 0. The van der Waals surface area contributed by atoms with E-state index in [1.807, 2.05) is 75.0 Å². The molecule has 0 aliphatic carbocycles. The van der Waals surface area contributed by atoms with Gasteiger partial charge in [-0.3, -0.25) is 4.79 Å². The number of hydrogen-bond acceptors (Lipinski definition) is 12. The molecule has 55 heavy (non-hydrogen) atoms. The molecule has 0 saturated carbocycles. The Morgan fingerprint density at radius 1 is 0.818 bits per heavy atom. The largest absolute Gasteiger partial charge is 0.497 e. The van der Waals surface area contributed by atoms with Gasteiger partial charge in [0.05, 0.1) is 33.1 Å². The van der Waals surface area contributed by atoms with E-state index in [9.17, 15) is 4.79 Å². The number of methoxy groups -OCH3 is 2. The highest BCUT2D eigenvalue weighted by Crippen LogP contribution is 2.39. The first-order valence-electron chi connectivity index (χ1n) is 18.8. The Morgan fingerprint density at radius 3 is 2.02 bits per heavy atom. The molecule has 1 fully saturated rings. The summed E-state index contributed by atoms with van der Waals surface area (Å²) in [5.74, 6) is 3.67. The number of aromatic nitrogens is 4. The van der Waals surface area contributed by atoms with Crippen molar-refractivity contribution < 1.29 is 19.0 Å². The maximum absolute atomic E-state index is 12.8. The number of carbonyl (C=O) groups is 1. The average molecular weight is 744 g/mol. The van der Waals surface area contributed by atoms with Gasteiger partial charge in [-0.05, 0) is 93.1 Å². The minimum Gasteiger partial charge on any atom is -0.497 e. The van der Waals surface area contributed by atoms with Gasteiger partial charge in [0.25, 0.3) is 5.91 Å². The second-order valence-corrected chi connectivity index (χ2v) is 14.0. The maximum atomic E-state index is 12.8. The van der Waals surface area contributed by atoms with Crippen molar-refractivity contribution in [1.29, 1.82) is 0 Å². The van der Waals surface area contributed by atoms with E-state index in [4.69, 9.17) is 34.1 Å². The fourth-order valence-electron chi connectivity index (χ4n) is 6.84. The number of ether oxygens (including phenoxy) is 3. The number of nitrogens with zero attached hydrogens (tertiary/aromatic N) is 8. The average Bonchev–Trinajstić information content (AvgIpc) is 3.67. The molecule has 0 radical (unpaired) electrons. The molecule has 4 heterocycles. The summed E-state index contributed by atoms with van der Waals surface area (Å²) in [6, 6.07) is 23.9. The van der Waals surface area contributed by atoms with E-state index >= 15 is 0 Å². The van der Waals surface area contributed by atoms with Crippen molar-refractivity contribution in [2.45, 2.75) is 25.9 Å². The number of rotatable bonds is 15. The van der Waals surface area contributed by atoms with Crippen LogP contribution in [0.3, 0.4) is 0 Å². The maximum Gasteiger partial charge on any atom is 0.251 e. The van der Waals surface area contributed by atoms with Gasteiger partial charge in [0, 0.05) is 74.0 Å². The van der Waals surface area contributed by atoms with Crippen LogP contribution in [0.15, 0.2) is 85.2 Å². The van der Waals surface area contributed by atoms with Crippen molar-refractivity contribution in [1.82, 2.24) is 30.2 Å². The molecule has 5 aromatic rings. The number of anilines is 4. The molecule has 7 rings (SSSR count). The topological polar surface area (TPSA) is 121 Å². The smallest absolute Gasteiger partial charge is 0.251 e. The van der Waals surface area contributed by atoms with Crippen LogP contribution in [0, 0.1) is 0 Å². The quantitative estimate of drug-likeness (QED) is 0.139. The highest BCUT2D eigenvalue weighted by Gasteiger charge is 2.30. The predicted molar refractivity (Wildman–Crippen MR) is 215 cm³/mol. The van der Waals surface area contributed by atoms with E-state index in [-0.39, 0.29) is 5.91 Å². The molecule has 2 aliphatic rings.